The molecule has 1 heterocycles. The van der Waals surface area contributed by atoms with Crippen LogP contribution in [0, 0.1) is 0 Å². The lowest BCUT2D eigenvalue weighted by atomic mass is 10.0. The highest BCUT2D eigenvalue weighted by Crippen LogP contribution is 2.19. The average Bonchev–Trinajstić information content (AvgIpc) is 2.90. The van der Waals surface area contributed by atoms with Gasteiger partial charge in [0.05, 0.1) is 22.3 Å². The third-order valence-corrected chi connectivity index (χ3v) is 5.71. The van der Waals surface area contributed by atoms with Crippen LogP contribution in [-0.2, 0) is 6.42 Å². The summed E-state index contributed by atoms with van der Waals surface area (Å²) >= 11 is 0. The Kier molecular flexibility index (Phi) is 5.99. The van der Waals surface area contributed by atoms with Crippen LogP contribution in [0.25, 0.3) is 16.6 Å². The molecular formula is C29H24N4O. The topological polar surface area (TPSA) is 59.3 Å². The molecule has 0 fully saturated rings. The SMILES string of the molecule is CCc1cccc(-n2c(NN=C(c3ccccc3)c3ccccc3)nc3ccccc3c2=O)c1. The first-order valence-corrected chi connectivity index (χ1v) is 11.3. The molecule has 0 spiro atoms. The summed E-state index contributed by atoms with van der Waals surface area (Å²) in [5, 5.41) is 5.32. The van der Waals surface area contributed by atoms with E-state index >= 15 is 0 Å². The molecule has 5 nitrogen and oxygen atoms in total. The van der Waals surface area contributed by atoms with E-state index < -0.39 is 0 Å². The largest absolute Gasteiger partial charge is 0.268 e. The second kappa shape index (κ2) is 9.55. The molecule has 5 rings (SSSR count). The van der Waals surface area contributed by atoms with E-state index in [2.05, 4.69) is 18.4 Å². The number of nitrogens with one attached hydrogen (secondary N) is 1. The summed E-state index contributed by atoms with van der Waals surface area (Å²) in [6.45, 7) is 2.09. The van der Waals surface area contributed by atoms with Crippen LogP contribution in [0.5, 0.6) is 0 Å². The number of fused-ring (bicyclic) bond motifs is 1. The minimum absolute atomic E-state index is 0.141. The van der Waals surface area contributed by atoms with Gasteiger partial charge in [-0.3, -0.25) is 4.79 Å². The van der Waals surface area contributed by atoms with Gasteiger partial charge in [0.2, 0.25) is 5.95 Å². The quantitative estimate of drug-likeness (QED) is 0.265. The molecule has 34 heavy (non-hydrogen) atoms. The number of benzene rings is 4. The van der Waals surface area contributed by atoms with E-state index in [0.29, 0.717) is 16.9 Å². The van der Waals surface area contributed by atoms with Crippen LogP contribution >= 0.6 is 0 Å². The second-order valence-corrected chi connectivity index (χ2v) is 7.92. The third-order valence-electron chi connectivity index (χ3n) is 5.71. The van der Waals surface area contributed by atoms with E-state index in [1.165, 1.54) is 0 Å². The number of hydrogen-bond donors (Lipinski definition) is 1. The molecule has 5 aromatic rings. The lowest BCUT2D eigenvalue weighted by Gasteiger charge is -2.15. The summed E-state index contributed by atoms with van der Waals surface area (Å²) in [6.07, 6.45) is 0.872. The molecule has 0 aliphatic heterocycles. The van der Waals surface area contributed by atoms with Crippen molar-refractivity contribution >= 4 is 22.6 Å². The van der Waals surface area contributed by atoms with Crippen LogP contribution in [0.2, 0.25) is 0 Å². The van der Waals surface area contributed by atoms with Gasteiger partial charge in [0, 0.05) is 11.1 Å². The van der Waals surface area contributed by atoms with Gasteiger partial charge in [-0.05, 0) is 36.2 Å². The van der Waals surface area contributed by atoms with Crippen LogP contribution < -0.4 is 11.0 Å². The zero-order chi connectivity index (χ0) is 23.3. The predicted molar refractivity (Wildman–Crippen MR) is 139 cm³/mol. The number of aromatic nitrogens is 2. The normalized spacial score (nSPS) is 10.7. The highest BCUT2D eigenvalue weighted by molar-refractivity contribution is 6.13. The standard InChI is InChI=1S/C29H24N4O/c1-2-21-12-11-17-24(20-21)33-28(34)25-18-9-10-19-26(25)30-29(33)32-31-27(22-13-5-3-6-14-22)23-15-7-4-8-16-23/h3-20H,2H2,1H3,(H,30,32). The first kappa shape index (κ1) is 21.3. The number of nitrogens with zero attached hydrogens (tertiary/aromatic N) is 3. The molecule has 0 radical (unpaired) electrons. The van der Waals surface area contributed by atoms with Crippen molar-refractivity contribution in [2.24, 2.45) is 5.10 Å². The van der Waals surface area contributed by atoms with E-state index in [0.717, 1.165) is 34.5 Å². The van der Waals surface area contributed by atoms with E-state index in [4.69, 9.17) is 10.1 Å². The van der Waals surface area contributed by atoms with Crippen LogP contribution in [0.15, 0.2) is 119 Å². The molecule has 1 aromatic heterocycles. The smallest absolute Gasteiger partial charge is 0.267 e. The van der Waals surface area contributed by atoms with Crippen molar-refractivity contribution in [1.82, 2.24) is 9.55 Å². The van der Waals surface area contributed by atoms with Crippen molar-refractivity contribution in [2.75, 3.05) is 5.43 Å². The highest BCUT2D eigenvalue weighted by Gasteiger charge is 2.14. The fraction of sp³-hybridized carbons (Fsp3) is 0.0690. The maximum atomic E-state index is 13.6. The van der Waals surface area contributed by atoms with Gasteiger partial charge in [-0.2, -0.15) is 5.10 Å². The molecule has 0 bridgehead atoms. The van der Waals surface area contributed by atoms with Crippen LogP contribution in [0.4, 0.5) is 5.95 Å². The lowest BCUT2D eigenvalue weighted by molar-refractivity contribution is 0.950. The van der Waals surface area contributed by atoms with Crippen molar-refractivity contribution in [3.8, 4) is 5.69 Å². The van der Waals surface area contributed by atoms with Crippen LogP contribution in [0.1, 0.15) is 23.6 Å². The van der Waals surface area contributed by atoms with Crippen LogP contribution in [0.3, 0.4) is 0 Å². The summed E-state index contributed by atoms with van der Waals surface area (Å²) < 4.78 is 1.60. The average molecular weight is 445 g/mol. The monoisotopic (exact) mass is 444 g/mol. The first-order valence-electron chi connectivity index (χ1n) is 11.3. The zero-order valence-electron chi connectivity index (χ0n) is 18.8. The minimum atomic E-state index is -0.141. The van der Waals surface area contributed by atoms with Gasteiger partial charge in [0.15, 0.2) is 0 Å². The Bertz CT molecular complexity index is 1480. The van der Waals surface area contributed by atoms with Crippen molar-refractivity contribution < 1.29 is 0 Å². The number of para-hydroxylation sites is 1. The third kappa shape index (κ3) is 4.24. The molecular weight excluding hydrogens is 420 g/mol. The van der Waals surface area contributed by atoms with E-state index in [-0.39, 0.29) is 5.56 Å². The molecule has 4 aromatic carbocycles. The summed E-state index contributed by atoms with van der Waals surface area (Å²) in [5.41, 5.74) is 8.17. The Morgan fingerprint density at radius 3 is 2.15 bits per heavy atom. The van der Waals surface area contributed by atoms with E-state index in [1.807, 2.05) is 97.1 Å². The number of aryl methyl sites for hydroxylation is 1. The van der Waals surface area contributed by atoms with Gasteiger partial charge in [-0.25, -0.2) is 15.0 Å². The molecule has 0 unspecified atom stereocenters. The van der Waals surface area contributed by atoms with E-state index in [9.17, 15) is 4.79 Å². The number of hydrazone groups is 1. The molecule has 0 amide bonds. The van der Waals surface area contributed by atoms with Crippen molar-refractivity contribution in [1.29, 1.82) is 0 Å². The van der Waals surface area contributed by atoms with Gasteiger partial charge in [-0.15, -0.1) is 0 Å². The van der Waals surface area contributed by atoms with Gasteiger partial charge < -0.3 is 0 Å². The van der Waals surface area contributed by atoms with Crippen molar-refractivity contribution in [3.05, 3.63) is 136 Å². The summed E-state index contributed by atoms with van der Waals surface area (Å²) in [4.78, 5) is 18.3. The fourth-order valence-corrected chi connectivity index (χ4v) is 3.96. The Morgan fingerprint density at radius 1 is 0.824 bits per heavy atom. The minimum Gasteiger partial charge on any atom is -0.268 e. The second-order valence-electron chi connectivity index (χ2n) is 7.92. The number of hydrogen-bond acceptors (Lipinski definition) is 4. The van der Waals surface area contributed by atoms with Crippen molar-refractivity contribution in [2.45, 2.75) is 13.3 Å². The lowest BCUT2D eigenvalue weighted by Crippen LogP contribution is -2.23. The Morgan fingerprint density at radius 2 is 1.47 bits per heavy atom. The predicted octanol–water partition coefficient (Wildman–Crippen LogP) is 5.81. The van der Waals surface area contributed by atoms with Crippen molar-refractivity contribution in [3.63, 3.8) is 0 Å². The van der Waals surface area contributed by atoms with Gasteiger partial charge in [-0.1, -0.05) is 91.9 Å². The summed E-state index contributed by atoms with van der Waals surface area (Å²) in [6, 6.07) is 35.2. The Hall–Kier alpha value is -4.51. The first-order chi connectivity index (χ1) is 16.7. The molecule has 0 saturated heterocycles. The summed E-state index contributed by atoms with van der Waals surface area (Å²) in [7, 11) is 0. The fourth-order valence-electron chi connectivity index (χ4n) is 3.96. The van der Waals surface area contributed by atoms with Gasteiger partial charge in [0.25, 0.3) is 5.56 Å². The molecule has 166 valence electrons. The molecule has 0 saturated carbocycles. The Balaban J connectivity index is 1.69. The molecule has 0 aliphatic carbocycles. The molecule has 1 N–H and O–H groups in total. The van der Waals surface area contributed by atoms with Gasteiger partial charge in [0.1, 0.15) is 0 Å². The van der Waals surface area contributed by atoms with Crippen LogP contribution in [-0.4, -0.2) is 15.3 Å². The maximum Gasteiger partial charge on any atom is 0.267 e. The summed E-state index contributed by atoms with van der Waals surface area (Å²) in [5.74, 6) is 0.362. The zero-order valence-corrected chi connectivity index (χ0v) is 18.8. The molecule has 5 heteroatoms. The highest BCUT2D eigenvalue weighted by atomic mass is 16.1. The maximum absolute atomic E-state index is 13.6. The van der Waals surface area contributed by atoms with Gasteiger partial charge >= 0.3 is 0 Å². The molecule has 0 aliphatic rings. The Labute approximate surface area is 198 Å². The number of rotatable bonds is 6. The number of anilines is 1. The van der Waals surface area contributed by atoms with E-state index in [1.54, 1.807) is 10.6 Å². The molecule has 0 atom stereocenters.